The molecule has 2 fully saturated rings. The van der Waals surface area contributed by atoms with Crippen LogP contribution in [-0.2, 0) is 11.3 Å². The van der Waals surface area contributed by atoms with Crippen molar-refractivity contribution in [3.05, 3.63) is 23.7 Å². The first-order valence-corrected chi connectivity index (χ1v) is 7.16. The normalized spacial score (nSPS) is 26.0. The van der Waals surface area contributed by atoms with E-state index in [0.29, 0.717) is 24.8 Å². The molecular formula is C15H22N2O2. The molecule has 1 N–H and O–H groups in total. The largest absolute Gasteiger partial charge is 0.464 e. The third-order valence-electron chi connectivity index (χ3n) is 4.31. The van der Waals surface area contributed by atoms with Gasteiger partial charge in [-0.05, 0) is 43.5 Å². The Labute approximate surface area is 114 Å². The molecule has 2 unspecified atom stereocenters. The van der Waals surface area contributed by atoms with Crippen LogP contribution in [-0.4, -0.2) is 30.9 Å². The number of nitrogens with one attached hydrogen (secondary N) is 1. The van der Waals surface area contributed by atoms with Gasteiger partial charge in [0.2, 0.25) is 5.91 Å². The molecule has 0 bridgehead atoms. The van der Waals surface area contributed by atoms with Gasteiger partial charge >= 0.3 is 0 Å². The third kappa shape index (κ3) is 2.84. The van der Waals surface area contributed by atoms with E-state index >= 15 is 0 Å². The van der Waals surface area contributed by atoms with E-state index in [1.54, 1.807) is 4.90 Å². The van der Waals surface area contributed by atoms with Crippen molar-refractivity contribution in [1.82, 2.24) is 10.2 Å². The zero-order chi connectivity index (χ0) is 13.4. The van der Waals surface area contributed by atoms with Crippen molar-refractivity contribution in [3.8, 4) is 0 Å². The monoisotopic (exact) mass is 262 g/mol. The summed E-state index contributed by atoms with van der Waals surface area (Å²) in [6.07, 6.45) is 1.88. The van der Waals surface area contributed by atoms with Gasteiger partial charge in [-0.15, -0.1) is 0 Å². The molecule has 1 aliphatic heterocycles. The first-order valence-electron chi connectivity index (χ1n) is 7.16. The quantitative estimate of drug-likeness (QED) is 0.882. The van der Waals surface area contributed by atoms with Gasteiger partial charge in [0.05, 0.1) is 6.54 Å². The maximum absolute atomic E-state index is 12.0. The molecule has 0 radical (unpaired) electrons. The minimum absolute atomic E-state index is 0.212. The predicted octanol–water partition coefficient (Wildman–Crippen LogP) is 1.97. The molecule has 1 saturated carbocycles. The van der Waals surface area contributed by atoms with Crippen molar-refractivity contribution in [3.63, 3.8) is 0 Å². The summed E-state index contributed by atoms with van der Waals surface area (Å²) in [4.78, 5) is 13.8. The van der Waals surface area contributed by atoms with Gasteiger partial charge in [0, 0.05) is 19.4 Å². The van der Waals surface area contributed by atoms with Crippen molar-refractivity contribution < 1.29 is 9.21 Å². The van der Waals surface area contributed by atoms with E-state index in [1.807, 2.05) is 13.1 Å². The second-order valence-electron chi connectivity index (χ2n) is 6.10. The number of amides is 1. The topological polar surface area (TPSA) is 45.5 Å². The molecule has 1 saturated heterocycles. The summed E-state index contributed by atoms with van der Waals surface area (Å²) >= 11 is 0. The lowest BCUT2D eigenvalue weighted by Gasteiger charge is -2.28. The highest BCUT2D eigenvalue weighted by molar-refractivity contribution is 5.76. The fraction of sp³-hybridized carbons (Fsp3) is 0.667. The fourth-order valence-electron chi connectivity index (χ4n) is 2.61. The maximum atomic E-state index is 12.0. The SMILES string of the molecule is CC1CC1c1ccc(CN(C)C(=O)CC2CNC2)o1. The summed E-state index contributed by atoms with van der Waals surface area (Å²) < 4.78 is 5.84. The molecule has 0 spiro atoms. The van der Waals surface area contributed by atoms with Crippen LogP contribution in [0.1, 0.15) is 37.2 Å². The fourth-order valence-corrected chi connectivity index (χ4v) is 2.61. The lowest BCUT2D eigenvalue weighted by molar-refractivity contribution is -0.132. The summed E-state index contributed by atoms with van der Waals surface area (Å²) in [7, 11) is 1.86. The first kappa shape index (κ1) is 12.7. The van der Waals surface area contributed by atoms with Crippen molar-refractivity contribution in [1.29, 1.82) is 0 Å². The van der Waals surface area contributed by atoms with E-state index in [4.69, 9.17) is 4.42 Å². The van der Waals surface area contributed by atoms with Crippen LogP contribution in [0, 0.1) is 11.8 Å². The van der Waals surface area contributed by atoms with Gasteiger partial charge in [-0.3, -0.25) is 4.79 Å². The summed E-state index contributed by atoms with van der Waals surface area (Å²) in [5.74, 6) is 4.09. The van der Waals surface area contributed by atoms with Crippen LogP contribution in [0.5, 0.6) is 0 Å². The van der Waals surface area contributed by atoms with E-state index in [-0.39, 0.29) is 5.91 Å². The third-order valence-corrected chi connectivity index (χ3v) is 4.31. The Kier molecular flexibility index (Phi) is 3.35. The van der Waals surface area contributed by atoms with Crippen LogP contribution in [0.4, 0.5) is 0 Å². The Morgan fingerprint density at radius 2 is 2.21 bits per heavy atom. The van der Waals surface area contributed by atoms with Crippen LogP contribution in [0.25, 0.3) is 0 Å². The Balaban J connectivity index is 1.51. The summed E-state index contributed by atoms with van der Waals surface area (Å²) in [6, 6.07) is 4.08. The minimum atomic E-state index is 0.212. The van der Waals surface area contributed by atoms with Crippen molar-refractivity contribution in [2.45, 2.75) is 32.2 Å². The van der Waals surface area contributed by atoms with E-state index in [9.17, 15) is 4.79 Å². The first-order chi connectivity index (χ1) is 9.13. The highest BCUT2D eigenvalue weighted by Crippen LogP contribution is 2.47. The molecule has 1 aliphatic carbocycles. The number of nitrogens with zero attached hydrogens (tertiary/aromatic N) is 1. The van der Waals surface area contributed by atoms with Crippen LogP contribution in [0.3, 0.4) is 0 Å². The number of hydrogen-bond acceptors (Lipinski definition) is 3. The van der Waals surface area contributed by atoms with Crippen molar-refractivity contribution in [2.75, 3.05) is 20.1 Å². The lowest BCUT2D eigenvalue weighted by atomic mass is 9.99. The van der Waals surface area contributed by atoms with E-state index < -0.39 is 0 Å². The Morgan fingerprint density at radius 3 is 2.79 bits per heavy atom. The van der Waals surface area contributed by atoms with E-state index in [1.165, 1.54) is 6.42 Å². The average molecular weight is 262 g/mol. The van der Waals surface area contributed by atoms with Gasteiger partial charge in [0.25, 0.3) is 0 Å². The molecule has 3 rings (SSSR count). The van der Waals surface area contributed by atoms with Crippen LogP contribution in [0.2, 0.25) is 0 Å². The van der Waals surface area contributed by atoms with Crippen molar-refractivity contribution >= 4 is 5.91 Å². The van der Waals surface area contributed by atoms with Gasteiger partial charge in [-0.2, -0.15) is 0 Å². The molecule has 1 aromatic rings. The second-order valence-corrected chi connectivity index (χ2v) is 6.10. The summed E-state index contributed by atoms with van der Waals surface area (Å²) in [5, 5.41) is 3.19. The molecule has 104 valence electrons. The minimum Gasteiger partial charge on any atom is -0.464 e. The number of hydrogen-bond donors (Lipinski definition) is 1. The molecule has 1 aromatic heterocycles. The molecule has 2 atom stereocenters. The highest BCUT2D eigenvalue weighted by Gasteiger charge is 2.36. The molecule has 1 amide bonds. The lowest BCUT2D eigenvalue weighted by Crippen LogP contribution is -2.44. The van der Waals surface area contributed by atoms with E-state index in [0.717, 1.165) is 30.5 Å². The van der Waals surface area contributed by atoms with Crippen LogP contribution in [0.15, 0.2) is 16.5 Å². The number of carbonyl (C=O) groups is 1. The zero-order valence-corrected chi connectivity index (χ0v) is 11.7. The van der Waals surface area contributed by atoms with Crippen molar-refractivity contribution in [2.24, 2.45) is 11.8 Å². The number of carbonyl (C=O) groups excluding carboxylic acids is 1. The second kappa shape index (κ2) is 5.00. The van der Waals surface area contributed by atoms with Gasteiger partial charge in [-0.25, -0.2) is 0 Å². The Hall–Kier alpha value is -1.29. The summed E-state index contributed by atoms with van der Waals surface area (Å²) in [5.41, 5.74) is 0. The highest BCUT2D eigenvalue weighted by atomic mass is 16.3. The Morgan fingerprint density at radius 1 is 1.47 bits per heavy atom. The average Bonchev–Trinajstić information content (AvgIpc) is 2.87. The zero-order valence-electron chi connectivity index (χ0n) is 11.7. The molecule has 0 aromatic carbocycles. The number of rotatable bonds is 5. The molecule has 2 heterocycles. The maximum Gasteiger partial charge on any atom is 0.223 e. The molecule has 4 heteroatoms. The molecule has 2 aliphatic rings. The molecule has 4 nitrogen and oxygen atoms in total. The van der Waals surface area contributed by atoms with Gasteiger partial charge < -0.3 is 14.6 Å². The smallest absolute Gasteiger partial charge is 0.223 e. The van der Waals surface area contributed by atoms with Gasteiger partial charge in [0.1, 0.15) is 11.5 Å². The standard InChI is InChI=1S/C15H22N2O2/c1-10-5-13(10)14-4-3-12(19-14)9-17(2)15(18)6-11-7-16-8-11/h3-4,10-11,13,16H,5-9H2,1-2H3. The van der Waals surface area contributed by atoms with Crippen LogP contribution >= 0.6 is 0 Å². The molecular weight excluding hydrogens is 240 g/mol. The predicted molar refractivity (Wildman–Crippen MR) is 72.7 cm³/mol. The number of furan rings is 1. The van der Waals surface area contributed by atoms with E-state index in [2.05, 4.69) is 18.3 Å². The van der Waals surface area contributed by atoms with Gasteiger partial charge in [0.15, 0.2) is 0 Å². The summed E-state index contributed by atoms with van der Waals surface area (Å²) in [6.45, 7) is 4.78. The van der Waals surface area contributed by atoms with Gasteiger partial charge in [-0.1, -0.05) is 6.92 Å². The Bertz CT molecular complexity index is 464. The molecule has 19 heavy (non-hydrogen) atoms. The van der Waals surface area contributed by atoms with Crippen LogP contribution < -0.4 is 5.32 Å².